The van der Waals surface area contributed by atoms with Gasteiger partial charge in [-0.3, -0.25) is 9.69 Å². The molecule has 174 valence electrons. The summed E-state index contributed by atoms with van der Waals surface area (Å²) < 4.78 is 26.3. The van der Waals surface area contributed by atoms with Gasteiger partial charge in [0.15, 0.2) is 0 Å². The van der Waals surface area contributed by atoms with Crippen molar-refractivity contribution >= 4 is 5.91 Å². The molecule has 0 bridgehead atoms. The highest BCUT2D eigenvalue weighted by Gasteiger charge is 2.21. The van der Waals surface area contributed by atoms with Crippen molar-refractivity contribution in [3.63, 3.8) is 0 Å². The van der Waals surface area contributed by atoms with Gasteiger partial charge >= 0.3 is 0 Å². The average Bonchev–Trinajstić information content (AvgIpc) is 3.28. The number of benzene rings is 2. The second kappa shape index (κ2) is 11.1. The Bertz CT molecular complexity index is 1070. The van der Waals surface area contributed by atoms with Gasteiger partial charge in [0.2, 0.25) is 0 Å². The molecule has 0 aliphatic carbocycles. The summed E-state index contributed by atoms with van der Waals surface area (Å²) in [6.45, 7) is 5.28. The van der Waals surface area contributed by atoms with Crippen LogP contribution in [0.2, 0.25) is 0 Å². The van der Waals surface area contributed by atoms with Crippen LogP contribution in [0.15, 0.2) is 60.9 Å². The van der Waals surface area contributed by atoms with Crippen molar-refractivity contribution in [2.24, 2.45) is 0 Å². The molecule has 1 aliphatic rings. The number of carbonyl (C=O) groups excluding carboxylic acids is 1. The monoisotopic (exact) mass is 452 g/mol. The lowest BCUT2D eigenvalue weighted by Gasteiger charge is -2.30. The fourth-order valence-electron chi connectivity index (χ4n) is 3.92. The number of imidazole rings is 1. The Morgan fingerprint density at radius 2 is 2.00 bits per heavy atom. The lowest BCUT2D eigenvalue weighted by Crippen LogP contribution is -2.43. The second-order valence-corrected chi connectivity index (χ2v) is 8.01. The number of hydrogen-bond donors (Lipinski definition) is 0. The summed E-state index contributed by atoms with van der Waals surface area (Å²) in [6, 6.07) is 13.7. The minimum Gasteiger partial charge on any atom is -0.497 e. The van der Waals surface area contributed by atoms with E-state index in [0.29, 0.717) is 44.2 Å². The van der Waals surface area contributed by atoms with Crippen LogP contribution in [0.1, 0.15) is 21.7 Å². The Hall–Kier alpha value is -3.23. The maximum absolute atomic E-state index is 13.6. The highest BCUT2D eigenvalue weighted by Crippen LogP contribution is 2.17. The normalized spacial score (nSPS) is 14.2. The lowest BCUT2D eigenvalue weighted by molar-refractivity contribution is 0.0318. The molecule has 4 rings (SSSR count). The van der Waals surface area contributed by atoms with E-state index in [9.17, 15) is 9.18 Å². The van der Waals surface area contributed by atoms with Crippen LogP contribution in [0.3, 0.4) is 0 Å². The molecule has 1 amide bonds. The fraction of sp³-hybridized carbons (Fsp3) is 0.360. The van der Waals surface area contributed by atoms with Crippen molar-refractivity contribution in [1.82, 2.24) is 19.4 Å². The number of hydrogen-bond acceptors (Lipinski definition) is 5. The first-order chi connectivity index (χ1) is 16.1. The van der Waals surface area contributed by atoms with Gasteiger partial charge in [-0.15, -0.1) is 0 Å². The number of rotatable bonds is 9. The number of nitrogens with zero attached hydrogens (tertiary/aromatic N) is 4. The van der Waals surface area contributed by atoms with E-state index in [-0.39, 0.29) is 11.7 Å². The van der Waals surface area contributed by atoms with Gasteiger partial charge in [-0.1, -0.05) is 18.2 Å². The molecule has 1 aliphatic heterocycles. The van der Waals surface area contributed by atoms with E-state index < -0.39 is 0 Å². The summed E-state index contributed by atoms with van der Waals surface area (Å²) in [5, 5.41) is 0. The predicted octanol–water partition coefficient (Wildman–Crippen LogP) is 3.05. The zero-order valence-corrected chi connectivity index (χ0v) is 18.8. The van der Waals surface area contributed by atoms with Crippen molar-refractivity contribution in [3.05, 3.63) is 83.7 Å². The highest BCUT2D eigenvalue weighted by atomic mass is 19.1. The molecule has 2 aromatic carbocycles. The van der Waals surface area contributed by atoms with Gasteiger partial charge in [0.1, 0.15) is 17.4 Å². The first-order valence-electron chi connectivity index (χ1n) is 11.1. The standard InChI is InChI=1S/C25H29FN4O3/c1-32-23-7-3-5-21(17-23)25(31)30(11-10-28-12-14-33-15-13-28)19-24-27-8-9-29(24)18-20-4-2-6-22(26)16-20/h2-9,16-17H,10-15,18-19H2,1H3. The number of aromatic nitrogens is 2. The zero-order chi connectivity index (χ0) is 23.0. The van der Waals surface area contributed by atoms with Gasteiger partial charge in [-0.25, -0.2) is 9.37 Å². The molecule has 0 unspecified atom stereocenters. The molecule has 0 N–H and O–H groups in total. The van der Waals surface area contributed by atoms with Crippen LogP contribution < -0.4 is 4.74 Å². The molecular weight excluding hydrogens is 423 g/mol. The minimum atomic E-state index is -0.269. The molecule has 1 aromatic heterocycles. The maximum atomic E-state index is 13.6. The summed E-state index contributed by atoms with van der Waals surface area (Å²) in [4.78, 5) is 22.1. The molecule has 1 fully saturated rings. The molecule has 33 heavy (non-hydrogen) atoms. The Labute approximate surface area is 193 Å². The van der Waals surface area contributed by atoms with Gasteiger partial charge < -0.3 is 18.9 Å². The third-order valence-electron chi connectivity index (χ3n) is 5.77. The minimum absolute atomic E-state index is 0.0811. The summed E-state index contributed by atoms with van der Waals surface area (Å²) in [6.07, 6.45) is 3.57. The SMILES string of the molecule is COc1cccc(C(=O)N(CCN2CCOCC2)Cc2nccn2Cc2cccc(F)c2)c1. The molecule has 0 radical (unpaired) electrons. The molecular formula is C25H29FN4O3. The van der Waals surface area contributed by atoms with Gasteiger partial charge in [0.05, 0.1) is 26.9 Å². The van der Waals surface area contributed by atoms with E-state index in [4.69, 9.17) is 9.47 Å². The summed E-state index contributed by atoms with van der Waals surface area (Å²) in [5.74, 6) is 1.04. The van der Waals surface area contributed by atoms with Crippen LogP contribution >= 0.6 is 0 Å². The van der Waals surface area contributed by atoms with Gasteiger partial charge in [-0.05, 0) is 35.9 Å². The summed E-state index contributed by atoms with van der Waals surface area (Å²) in [7, 11) is 1.59. The topological polar surface area (TPSA) is 59.8 Å². The maximum Gasteiger partial charge on any atom is 0.254 e. The first kappa shape index (κ1) is 22.9. The number of methoxy groups -OCH3 is 1. The van der Waals surface area contributed by atoms with Crippen LogP contribution in [0.5, 0.6) is 5.75 Å². The number of ether oxygens (including phenoxy) is 2. The van der Waals surface area contributed by atoms with Crippen LogP contribution in [0.25, 0.3) is 0 Å². The van der Waals surface area contributed by atoms with Gasteiger partial charge in [0.25, 0.3) is 5.91 Å². The molecule has 0 atom stereocenters. The van der Waals surface area contributed by atoms with Crippen molar-refractivity contribution in [2.75, 3.05) is 46.5 Å². The predicted molar refractivity (Wildman–Crippen MR) is 123 cm³/mol. The molecule has 2 heterocycles. The molecule has 0 spiro atoms. The molecule has 1 saturated heterocycles. The second-order valence-electron chi connectivity index (χ2n) is 8.01. The van der Waals surface area contributed by atoms with Crippen LogP contribution in [-0.2, 0) is 17.8 Å². The Morgan fingerprint density at radius 3 is 2.79 bits per heavy atom. The zero-order valence-electron chi connectivity index (χ0n) is 18.8. The molecule has 7 nitrogen and oxygen atoms in total. The third kappa shape index (κ3) is 6.18. The van der Waals surface area contributed by atoms with Crippen LogP contribution in [-0.4, -0.2) is 71.8 Å². The highest BCUT2D eigenvalue weighted by molar-refractivity contribution is 5.94. The number of morpholine rings is 1. The lowest BCUT2D eigenvalue weighted by atomic mass is 10.2. The van der Waals surface area contributed by atoms with Crippen molar-refractivity contribution < 1.29 is 18.7 Å². The first-order valence-corrected chi connectivity index (χ1v) is 11.1. The van der Waals surface area contributed by atoms with Gasteiger partial charge in [-0.2, -0.15) is 0 Å². The molecule has 3 aromatic rings. The number of amides is 1. The number of halogens is 1. The van der Waals surface area contributed by atoms with Crippen molar-refractivity contribution in [3.8, 4) is 5.75 Å². The van der Waals surface area contributed by atoms with Crippen molar-refractivity contribution in [2.45, 2.75) is 13.1 Å². The van der Waals surface area contributed by atoms with Crippen LogP contribution in [0, 0.1) is 5.82 Å². The van der Waals surface area contributed by atoms with E-state index in [1.54, 1.807) is 31.5 Å². The molecule has 0 saturated carbocycles. The smallest absolute Gasteiger partial charge is 0.254 e. The Morgan fingerprint density at radius 1 is 1.18 bits per heavy atom. The average molecular weight is 453 g/mol. The van der Waals surface area contributed by atoms with Gasteiger partial charge in [0, 0.05) is 50.7 Å². The van der Waals surface area contributed by atoms with E-state index in [2.05, 4.69) is 9.88 Å². The Kier molecular flexibility index (Phi) is 7.70. The fourth-order valence-corrected chi connectivity index (χ4v) is 3.92. The van der Waals surface area contributed by atoms with Crippen molar-refractivity contribution in [1.29, 1.82) is 0 Å². The molecule has 8 heteroatoms. The van der Waals surface area contributed by atoms with E-state index in [1.807, 2.05) is 33.9 Å². The van der Waals surface area contributed by atoms with E-state index >= 15 is 0 Å². The largest absolute Gasteiger partial charge is 0.497 e. The van der Waals surface area contributed by atoms with Crippen LogP contribution in [0.4, 0.5) is 4.39 Å². The summed E-state index contributed by atoms with van der Waals surface area (Å²) >= 11 is 0. The Balaban J connectivity index is 1.53. The quantitative estimate of drug-likeness (QED) is 0.500. The number of carbonyl (C=O) groups is 1. The van der Waals surface area contributed by atoms with E-state index in [1.165, 1.54) is 12.1 Å². The third-order valence-corrected chi connectivity index (χ3v) is 5.77. The van der Waals surface area contributed by atoms with E-state index in [0.717, 1.165) is 31.0 Å². The summed E-state index contributed by atoms with van der Waals surface area (Å²) in [5.41, 5.74) is 1.41.